The van der Waals surface area contributed by atoms with E-state index in [0.29, 0.717) is 0 Å². The van der Waals surface area contributed by atoms with Gasteiger partial charge in [-0.05, 0) is 27.7 Å². The maximum atomic E-state index is 14.1. The van der Waals surface area contributed by atoms with E-state index < -0.39 is 43.4 Å². The molecule has 0 fully saturated rings. The Labute approximate surface area is 143 Å². The number of rotatable bonds is 6. The normalized spacial score (nSPS) is 15.0. The van der Waals surface area contributed by atoms with Crippen LogP contribution in [0.15, 0.2) is 5.57 Å². The van der Waals surface area contributed by atoms with Crippen molar-refractivity contribution in [3.05, 3.63) is 11.6 Å². The largest absolute Gasteiger partial charge is 1.00 e. The minimum Gasteiger partial charge on any atom is -0.374 e. The Morgan fingerprint density at radius 2 is 1.21 bits per heavy atom. The van der Waals surface area contributed by atoms with Crippen LogP contribution in [0.5, 0.6) is 0 Å². The number of alkyl halides is 8. The molecule has 0 rings (SSSR count). The molecule has 0 aliphatic rings. The molecule has 0 saturated heterocycles. The van der Waals surface area contributed by atoms with Crippen LogP contribution in [0.2, 0.25) is 0 Å². The second-order valence-electron chi connectivity index (χ2n) is 4.84. The number of halogens is 8. The van der Waals surface area contributed by atoms with Gasteiger partial charge in [-0.15, -0.1) is 0 Å². The molecule has 0 aromatic heterocycles. The fraction of sp³-hybridized carbons (Fsp3) is 0.818. The molecule has 0 spiro atoms. The van der Waals surface area contributed by atoms with Crippen LogP contribution in [-0.4, -0.2) is 30.2 Å². The monoisotopic (exact) mass is 440 g/mol. The van der Waals surface area contributed by atoms with Crippen LogP contribution in [-0.2, 0) is 30.7 Å². The zero-order valence-corrected chi connectivity index (χ0v) is 14.5. The van der Waals surface area contributed by atoms with Crippen molar-refractivity contribution in [2.45, 2.75) is 57.9 Å². The van der Waals surface area contributed by atoms with Crippen molar-refractivity contribution in [1.82, 2.24) is 0 Å². The molecule has 0 atom stereocenters. The fourth-order valence-electron chi connectivity index (χ4n) is 1.31. The molecule has 0 heterocycles. The van der Waals surface area contributed by atoms with Crippen LogP contribution in [0.1, 0.15) is 27.7 Å². The first kappa shape index (κ1) is 26.1. The summed E-state index contributed by atoms with van der Waals surface area (Å²) in [7, 11) is -5.93. The van der Waals surface area contributed by atoms with Gasteiger partial charge in [0.05, 0.1) is 12.2 Å². The number of hydrogen-bond acceptors (Lipinski definition) is 3. The smallest absolute Gasteiger partial charge is 0.374 e. The molecular formula is C11H14CuF8O3P. The summed E-state index contributed by atoms with van der Waals surface area (Å²) in [4.78, 5) is 0. The van der Waals surface area contributed by atoms with E-state index in [1.165, 1.54) is 0 Å². The van der Waals surface area contributed by atoms with E-state index >= 15 is 0 Å². The molecular weight excluding hydrogens is 427 g/mol. The Morgan fingerprint density at radius 3 is 1.42 bits per heavy atom. The fourth-order valence-corrected chi connectivity index (χ4v) is 3.19. The predicted molar refractivity (Wildman–Crippen MR) is 63.9 cm³/mol. The maximum Gasteiger partial charge on any atom is 1.00 e. The van der Waals surface area contributed by atoms with Gasteiger partial charge in [-0.2, -0.15) is 22.0 Å². The van der Waals surface area contributed by atoms with Crippen LogP contribution < -0.4 is 0 Å². The summed E-state index contributed by atoms with van der Waals surface area (Å²) in [5.74, 6) is 0. The molecule has 24 heavy (non-hydrogen) atoms. The predicted octanol–water partition coefficient (Wildman–Crippen LogP) is 5.47. The molecule has 0 saturated carbocycles. The average molecular weight is 441 g/mol. The minimum absolute atomic E-state index is 0. The Hall–Kier alpha value is -0.151. The molecule has 0 aromatic carbocycles. The third-order valence-corrected chi connectivity index (χ3v) is 4.20. The Bertz CT molecular complexity index is 471. The van der Waals surface area contributed by atoms with E-state index in [2.05, 4.69) is 9.05 Å². The summed E-state index contributed by atoms with van der Waals surface area (Å²) < 4.78 is 123. The summed E-state index contributed by atoms with van der Waals surface area (Å²) in [6.07, 6.45) is -14.9. The Kier molecular flexibility index (Phi) is 9.22. The van der Waals surface area contributed by atoms with Crippen molar-refractivity contribution in [1.29, 1.82) is 0 Å². The summed E-state index contributed by atoms with van der Waals surface area (Å²) in [5.41, 5.74) is -9.07. The van der Waals surface area contributed by atoms with Gasteiger partial charge in [-0.25, -0.2) is 13.2 Å². The zero-order chi connectivity index (χ0) is 18.9. The van der Waals surface area contributed by atoms with Crippen LogP contribution in [0, 0.1) is 6.08 Å². The minimum atomic E-state index is -6.16. The van der Waals surface area contributed by atoms with E-state index in [4.69, 9.17) is 0 Å². The van der Waals surface area contributed by atoms with E-state index in [1.807, 2.05) is 0 Å². The van der Waals surface area contributed by atoms with Crippen molar-refractivity contribution in [2.75, 3.05) is 0 Å². The van der Waals surface area contributed by atoms with E-state index in [-0.39, 0.29) is 23.1 Å². The first-order valence-electron chi connectivity index (χ1n) is 6.06. The second-order valence-corrected chi connectivity index (χ2v) is 6.82. The van der Waals surface area contributed by atoms with Crippen molar-refractivity contribution in [3.63, 3.8) is 0 Å². The molecule has 0 unspecified atom stereocenters. The Morgan fingerprint density at radius 1 is 0.875 bits per heavy atom. The van der Waals surface area contributed by atoms with Gasteiger partial charge in [0.2, 0.25) is 0 Å². The molecule has 148 valence electrons. The van der Waals surface area contributed by atoms with Crippen LogP contribution in [0.3, 0.4) is 0 Å². The SMILES string of the molecule is CC(C)OP(=O)(OC(C)C)C(F)(F)C(=[C-]C(F)(F)F)C(F)(F)F.[Cu+]. The van der Waals surface area contributed by atoms with Gasteiger partial charge in [0.15, 0.2) is 0 Å². The van der Waals surface area contributed by atoms with E-state index in [0.717, 1.165) is 27.7 Å². The maximum absolute atomic E-state index is 14.1. The molecule has 0 bridgehead atoms. The summed E-state index contributed by atoms with van der Waals surface area (Å²) in [5, 5.41) is 0. The standard InChI is InChI=1S/C11H14F8O3P.Cu/c1-6(2)21-23(20,22-7(3)4)11(18,19)8(10(15,16)17)5-9(12,13)14;/h6-7H,1-4H3;/q-1;+1. The van der Waals surface area contributed by atoms with Gasteiger partial charge < -0.3 is 15.1 Å². The number of allylic oxidation sites excluding steroid dienone is 2. The molecule has 0 aliphatic carbocycles. The van der Waals surface area contributed by atoms with Gasteiger partial charge in [0, 0.05) is 0 Å². The number of hydrogen-bond donors (Lipinski definition) is 0. The average Bonchev–Trinajstić information content (AvgIpc) is 2.20. The van der Waals surface area contributed by atoms with Gasteiger partial charge in [0.25, 0.3) is 6.18 Å². The van der Waals surface area contributed by atoms with Gasteiger partial charge >= 0.3 is 36.5 Å². The first-order valence-corrected chi connectivity index (χ1v) is 7.61. The first-order chi connectivity index (χ1) is 9.92. The quantitative estimate of drug-likeness (QED) is 0.238. The molecule has 13 heteroatoms. The molecule has 0 radical (unpaired) electrons. The molecule has 3 nitrogen and oxygen atoms in total. The summed E-state index contributed by atoms with van der Waals surface area (Å²) in [6.45, 7) is 4.21. The van der Waals surface area contributed by atoms with E-state index in [1.54, 1.807) is 0 Å². The third kappa shape index (κ3) is 7.39. The Balaban J connectivity index is 0. The molecule has 0 N–H and O–H groups in total. The molecule has 0 aliphatic heterocycles. The van der Waals surface area contributed by atoms with E-state index in [9.17, 15) is 39.7 Å². The van der Waals surface area contributed by atoms with Crippen molar-refractivity contribution < 1.29 is 65.8 Å². The van der Waals surface area contributed by atoms with Crippen LogP contribution in [0.25, 0.3) is 0 Å². The van der Waals surface area contributed by atoms with Gasteiger partial charge in [0.1, 0.15) is 0 Å². The van der Waals surface area contributed by atoms with Crippen molar-refractivity contribution >= 4 is 7.60 Å². The summed E-state index contributed by atoms with van der Waals surface area (Å²) in [6, 6.07) is 0. The molecule has 0 aromatic rings. The summed E-state index contributed by atoms with van der Waals surface area (Å²) >= 11 is 0. The van der Waals surface area contributed by atoms with Crippen molar-refractivity contribution in [3.8, 4) is 0 Å². The zero-order valence-electron chi connectivity index (χ0n) is 12.7. The van der Waals surface area contributed by atoms with Crippen molar-refractivity contribution in [2.24, 2.45) is 0 Å². The van der Waals surface area contributed by atoms with Crippen LogP contribution in [0.4, 0.5) is 35.1 Å². The van der Waals surface area contributed by atoms with Crippen LogP contribution >= 0.6 is 7.60 Å². The topological polar surface area (TPSA) is 35.5 Å². The van der Waals surface area contributed by atoms with Gasteiger partial charge in [-0.3, -0.25) is 4.57 Å². The van der Waals surface area contributed by atoms with Gasteiger partial charge in [-0.1, -0.05) is 5.57 Å². The molecule has 0 amide bonds. The second kappa shape index (κ2) is 8.49. The third-order valence-electron chi connectivity index (χ3n) is 1.89.